The van der Waals surface area contributed by atoms with E-state index in [-0.39, 0.29) is 30.3 Å². The molecular formula is C19H24N4O4. The third-order valence-electron chi connectivity index (χ3n) is 6.13. The lowest BCUT2D eigenvalue weighted by atomic mass is 9.90. The minimum absolute atomic E-state index is 0.0632. The summed E-state index contributed by atoms with van der Waals surface area (Å²) >= 11 is 0. The average Bonchev–Trinajstić information content (AvgIpc) is 2.92. The number of fused-ring (bicyclic) bond motifs is 1. The van der Waals surface area contributed by atoms with E-state index in [1.54, 1.807) is 12.1 Å². The summed E-state index contributed by atoms with van der Waals surface area (Å²) in [5.74, 6) is -0.128. The van der Waals surface area contributed by atoms with Crippen molar-refractivity contribution in [3.63, 3.8) is 0 Å². The third-order valence-corrected chi connectivity index (χ3v) is 6.13. The van der Waals surface area contributed by atoms with E-state index >= 15 is 0 Å². The molecule has 8 heteroatoms. The van der Waals surface area contributed by atoms with Crippen LogP contribution in [0.4, 0.5) is 16.2 Å². The SMILES string of the molecule is CC1Cc2cc([N+](=O)[O-])ccc2N1CN1C(=O)NC2(CCCCCC2)C1=O. The molecule has 1 N–H and O–H groups in total. The molecule has 0 aromatic heterocycles. The highest BCUT2D eigenvalue weighted by molar-refractivity contribution is 6.07. The molecule has 1 saturated heterocycles. The fourth-order valence-corrected chi connectivity index (χ4v) is 4.64. The molecule has 2 aliphatic heterocycles. The predicted octanol–water partition coefficient (Wildman–Crippen LogP) is 2.95. The number of urea groups is 1. The van der Waals surface area contributed by atoms with E-state index in [4.69, 9.17) is 0 Å². The van der Waals surface area contributed by atoms with Gasteiger partial charge in [-0.1, -0.05) is 25.7 Å². The molecule has 3 aliphatic rings. The van der Waals surface area contributed by atoms with Gasteiger partial charge in [-0.15, -0.1) is 0 Å². The zero-order valence-electron chi connectivity index (χ0n) is 15.4. The van der Waals surface area contributed by atoms with Gasteiger partial charge in [0.05, 0.1) is 4.92 Å². The quantitative estimate of drug-likeness (QED) is 0.500. The van der Waals surface area contributed by atoms with E-state index in [1.165, 1.54) is 11.0 Å². The van der Waals surface area contributed by atoms with Gasteiger partial charge in [0.15, 0.2) is 0 Å². The summed E-state index contributed by atoms with van der Waals surface area (Å²) < 4.78 is 0. The van der Waals surface area contributed by atoms with Gasteiger partial charge >= 0.3 is 6.03 Å². The smallest absolute Gasteiger partial charge is 0.326 e. The van der Waals surface area contributed by atoms with E-state index < -0.39 is 10.5 Å². The maximum absolute atomic E-state index is 13.1. The van der Waals surface area contributed by atoms with Crippen molar-refractivity contribution in [2.24, 2.45) is 0 Å². The van der Waals surface area contributed by atoms with Gasteiger partial charge in [0, 0.05) is 23.9 Å². The Hall–Kier alpha value is -2.64. The van der Waals surface area contributed by atoms with Crippen LogP contribution in [-0.2, 0) is 11.2 Å². The molecule has 1 spiro atoms. The second kappa shape index (κ2) is 6.51. The summed E-state index contributed by atoms with van der Waals surface area (Å²) in [6.45, 7) is 2.18. The number of nitro benzene ring substituents is 1. The molecule has 2 heterocycles. The highest BCUT2D eigenvalue weighted by Crippen LogP contribution is 2.37. The summed E-state index contributed by atoms with van der Waals surface area (Å²) in [7, 11) is 0. The number of nitrogens with zero attached hydrogens (tertiary/aromatic N) is 3. The minimum atomic E-state index is -0.741. The summed E-state index contributed by atoms with van der Waals surface area (Å²) in [6, 6.07) is 4.52. The summed E-state index contributed by atoms with van der Waals surface area (Å²) in [5.41, 5.74) is 1.06. The van der Waals surface area contributed by atoms with Crippen molar-refractivity contribution < 1.29 is 14.5 Å². The zero-order valence-corrected chi connectivity index (χ0v) is 15.4. The topological polar surface area (TPSA) is 95.8 Å². The first-order valence-electron chi connectivity index (χ1n) is 9.59. The third kappa shape index (κ3) is 2.93. The number of hydrogen-bond acceptors (Lipinski definition) is 5. The molecule has 0 radical (unpaired) electrons. The fraction of sp³-hybridized carbons (Fsp3) is 0.579. The molecule has 0 bridgehead atoms. The number of carbonyl (C=O) groups excluding carboxylic acids is 2. The molecule has 1 saturated carbocycles. The largest absolute Gasteiger partial charge is 0.350 e. The van der Waals surface area contributed by atoms with Crippen molar-refractivity contribution in [1.29, 1.82) is 0 Å². The fourth-order valence-electron chi connectivity index (χ4n) is 4.64. The van der Waals surface area contributed by atoms with E-state index in [0.29, 0.717) is 19.3 Å². The molecule has 1 aliphatic carbocycles. The van der Waals surface area contributed by atoms with Crippen LogP contribution >= 0.6 is 0 Å². The molecule has 8 nitrogen and oxygen atoms in total. The Morgan fingerprint density at radius 2 is 1.93 bits per heavy atom. The number of amides is 3. The second-order valence-electron chi connectivity index (χ2n) is 7.89. The molecule has 4 rings (SSSR count). The number of rotatable bonds is 3. The van der Waals surface area contributed by atoms with Crippen molar-refractivity contribution in [2.45, 2.75) is 63.5 Å². The van der Waals surface area contributed by atoms with Crippen LogP contribution in [0.1, 0.15) is 51.0 Å². The number of benzene rings is 1. The standard InChI is InChI=1S/C19H24N4O4/c1-13-10-14-11-15(23(26)27)6-7-16(14)21(13)12-22-17(24)19(20-18(22)25)8-4-2-3-5-9-19/h6-7,11,13H,2-5,8-10,12H2,1H3,(H,20,25). The van der Waals surface area contributed by atoms with Crippen LogP contribution in [0.3, 0.4) is 0 Å². The number of nitro groups is 1. The maximum atomic E-state index is 13.1. The van der Waals surface area contributed by atoms with Crippen LogP contribution < -0.4 is 10.2 Å². The highest BCUT2D eigenvalue weighted by atomic mass is 16.6. The summed E-state index contributed by atoms with van der Waals surface area (Å²) in [5, 5.41) is 14.0. The molecule has 2 fully saturated rings. The van der Waals surface area contributed by atoms with Gasteiger partial charge < -0.3 is 10.2 Å². The molecule has 1 aromatic carbocycles. The van der Waals surface area contributed by atoms with E-state index in [1.807, 2.05) is 11.8 Å². The second-order valence-corrected chi connectivity index (χ2v) is 7.89. The maximum Gasteiger partial charge on any atom is 0.326 e. The predicted molar refractivity (Wildman–Crippen MR) is 99.4 cm³/mol. The van der Waals surface area contributed by atoms with Crippen molar-refractivity contribution in [2.75, 3.05) is 11.6 Å². The number of anilines is 1. The Kier molecular flexibility index (Phi) is 4.28. The highest BCUT2D eigenvalue weighted by Gasteiger charge is 2.51. The molecule has 144 valence electrons. The number of non-ortho nitro benzene ring substituents is 1. The van der Waals surface area contributed by atoms with Crippen LogP contribution in [0.25, 0.3) is 0 Å². The van der Waals surface area contributed by atoms with Crippen molar-refractivity contribution in [3.05, 3.63) is 33.9 Å². The van der Waals surface area contributed by atoms with Crippen molar-refractivity contribution >= 4 is 23.3 Å². The van der Waals surface area contributed by atoms with Crippen molar-refractivity contribution in [3.8, 4) is 0 Å². The minimum Gasteiger partial charge on any atom is -0.350 e. The van der Waals surface area contributed by atoms with Gasteiger partial charge in [0.1, 0.15) is 12.2 Å². The number of nitrogens with one attached hydrogen (secondary N) is 1. The molecule has 1 unspecified atom stereocenters. The van der Waals surface area contributed by atoms with Gasteiger partial charge in [0.2, 0.25) is 0 Å². The lowest BCUT2D eigenvalue weighted by Crippen LogP contribution is -2.48. The number of hydrogen-bond donors (Lipinski definition) is 1. The van der Waals surface area contributed by atoms with E-state index in [9.17, 15) is 19.7 Å². The summed E-state index contributed by atoms with van der Waals surface area (Å²) in [4.78, 5) is 39.6. The molecule has 27 heavy (non-hydrogen) atoms. The lowest BCUT2D eigenvalue weighted by Gasteiger charge is -2.30. The van der Waals surface area contributed by atoms with Crippen LogP contribution in [0.2, 0.25) is 0 Å². The normalized spacial score (nSPS) is 24.1. The molecular weight excluding hydrogens is 348 g/mol. The molecule has 1 atom stereocenters. The first kappa shape index (κ1) is 17.8. The first-order chi connectivity index (χ1) is 12.9. The van der Waals surface area contributed by atoms with E-state index in [2.05, 4.69) is 5.32 Å². The number of carbonyl (C=O) groups is 2. The summed E-state index contributed by atoms with van der Waals surface area (Å²) in [6.07, 6.45) is 6.16. The lowest BCUT2D eigenvalue weighted by molar-refractivity contribution is -0.384. The van der Waals surface area contributed by atoms with Crippen LogP contribution in [0.5, 0.6) is 0 Å². The van der Waals surface area contributed by atoms with Gasteiger partial charge in [-0.05, 0) is 37.8 Å². The van der Waals surface area contributed by atoms with Gasteiger partial charge in [-0.3, -0.25) is 14.9 Å². The number of imide groups is 1. The van der Waals surface area contributed by atoms with Crippen LogP contribution in [0.15, 0.2) is 18.2 Å². The van der Waals surface area contributed by atoms with Crippen molar-refractivity contribution in [1.82, 2.24) is 10.2 Å². The Morgan fingerprint density at radius 3 is 2.59 bits per heavy atom. The molecule has 1 aromatic rings. The first-order valence-corrected chi connectivity index (χ1v) is 9.59. The van der Waals surface area contributed by atoms with Crippen LogP contribution in [-0.4, -0.2) is 40.0 Å². The van der Waals surface area contributed by atoms with Gasteiger partial charge in [0.25, 0.3) is 11.6 Å². The van der Waals surface area contributed by atoms with Gasteiger partial charge in [-0.2, -0.15) is 0 Å². The molecule has 3 amide bonds. The zero-order chi connectivity index (χ0) is 19.2. The Morgan fingerprint density at radius 1 is 1.22 bits per heavy atom. The van der Waals surface area contributed by atoms with Gasteiger partial charge in [-0.25, -0.2) is 9.69 Å². The monoisotopic (exact) mass is 372 g/mol. The Bertz CT molecular complexity index is 801. The Labute approximate surface area is 157 Å². The average molecular weight is 372 g/mol. The Balaban J connectivity index is 1.57. The van der Waals surface area contributed by atoms with E-state index in [0.717, 1.165) is 36.9 Å². The van der Waals surface area contributed by atoms with Crippen LogP contribution in [0, 0.1) is 10.1 Å².